The predicted octanol–water partition coefficient (Wildman–Crippen LogP) is 4.46. The highest BCUT2D eigenvalue weighted by Crippen LogP contribution is 2.27. The largest absolute Gasteiger partial charge is 0.361 e. The molecule has 112 valence electrons. The van der Waals surface area contributed by atoms with E-state index in [2.05, 4.69) is 65.5 Å². The number of hydrogen-bond donors (Lipinski definition) is 1. The molecule has 0 spiro atoms. The van der Waals surface area contributed by atoms with Crippen molar-refractivity contribution in [1.82, 2.24) is 4.90 Å². The normalized spacial score (nSPS) is 11.6. The summed E-state index contributed by atoms with van der Waals surface area (Å²) in [4.78, 5) is 2.12. The molecule has 0 fully saturated rings. The van der Waals surface area contributed by atoms with Crippen LogP contribution < -0.4 is 0 Å². The average molecular weight is 274 g/mol. The second kappa shape index (κ2) is 6.43. The van der Waals surface area contributed by atoms with Gasteiger partial charge in [-0.25, -0.2) is 0 Å². The fourth-order valence-corrected chi connectivity index (χ4v) is 2.59. The van der Waals surface area contributed by atoms with Crippen molar-refractivity contribution in [3.8, 4) is 0 Å². The fraction of sp³-hybridized carbons (Fsp3) is 0.611. The van der Waals surface area contributed by atoms with Crippen LogP contribution >= 0.6 is 0 Å². The number of benzene rings is 1. The lowest BCUT2D eigenvalue weighted by atomic mass is 9.83. The maximum atomic E-state index is 8.28. The topological polar surface area (TPSA) is 27.1 Å². The molecule has 0 aliphatic rings. The smallest absolute Gasteiger partial charge is 0.100 e. The third-order valence-corrected chi connectivity index (χ3v) is 4.05. The summed E-state index contributed by atoms with van der Waals surface area (Å²) in [6.07, 6.45) is 0.740. The molecule has 0 aromatic heterocycles. The van der Waals surface area contributed by atoms with Crippen molar-refractivity contribution in [1.29, 1.82) is 5.41 Å². The Hall–Kier alpha value is -1.31. The van der Waals surface area contributed by atoms with Crippen LogP contribution in [0.15, 0.2) is 12.1 Å². The second-order valence-corrected chi connectivity index (χ2v) is 6.63. The van der Waals surface area contributed by atoms with Crippen molar-refractivity contribution in [3.05, 3.63) is 34.4 Å². The van der Waals surface area contributed by atoms with E-state index in [1.165, 1.54) is 22.3 Å². The van der Waals surface area contributed by atoms with E-state index in [1.807, 2.05) is 0 Å². The number of nitrogens with zero attached hydrogens (tertiary/aromatic N) is 1. The SMILES string of the molecule is CCN(CC)C(=N)Cc1c(C)cc(C(C)(C)C)cc1C. The molecule has 0 aliphatic carbocycles. The zero-order valence-electron chi connectivity index (χ0n) is 14.2. The van der Waals surface area contributed by atoms with E-state index in [9.17, 15) is 0 Å². The maximum Gasteiger partial charge on any atom is 0.100 e. The van der Waals surface area contributed by atoms with Gasteiger partial charge >= 0.3 is 0 Å². The number of nitrogens with one attached hydrogen (secondary N) is 1. The van der Waals surface area contributed by atoms with Crippen LogP contribution in [0.2, 0.25) is 0 Å². The highest BCUT2D eigenvalue weighted by molar-refractivity contribution is 5.82. The van der Waals surface area contributed by atoms with E-state index >= 15 is 0 Å². The van der Waals surface area contributed by atoms with E-state index in [0.717, 1.165) is 25.3 Å². The van der Waals surface area contributed by atoms with Crippen molar-refractivity contribution in [2.45, 2.75) is 60.3 Å². The molecule has 0 radical (unpaired) electrons. The van der Waals surface area contributed by atoms with E-state index in [-0.39, 0.29) is 5.41 Å². The van der Waals surface area contributed by atoms with Gasteiger partial charge < -0.3 is 4.90 Å². The number of amidine groups is 1. The molecule has 0 saturated carbocycles. The van der Waals surface area contributed by atoms with Crippen LogP contribution in [0.1, 0.15) is 56.9 Å². The van der Waals surface area contributed by atoms with Crippen LogP contribution in [0.25, 0.3) is 0 Å². The Bertz CT molecular complexity index is 454. The summed E-state index contributed by atoms with van der Waals surface area (Å²) in [5.74, 6) is 0.727. The lowest BCUT2D eigenvalue weighted by molar-refractivity contribution is 0.455. The van der Waals surface area contributed by atoms with Crippen LogP contribution in [0.5, 0.6) is 0 Å². The summed E-state index contributed by atoms with van der Waals surface area (Å²) in [7, 11) is 0. The molecule has 0 aliphatic heterocycles. The Morgan fingerprint density at radius 3 is 1.85 bits per heavy atom. The molecule has 0 unspecified atom stereocenters. The van der Waals surface area contributed by atoms with Gasteiger partial charge in [-0.15, -0.1) is 0 Å². The quantitative estimate of drug-likeness (QED) is 0.637. The van der Waals surface area contributed by atoms with Crippen LogP contribution in [-0.4, -0.2) is 23.8 Å². The second-order valence-electron chi connectivity index (χ2n) is 6.63. The molecular formula is C18H30N2. The summed E-state index contributed by atoms with van der Waals surface area (Å²) in [5, 5.41) is 8.28. The van der Waals surface area contributed by atoms with Crippen molar-refractivity contribution in [3.63, 3.8) is 0 Å². The summed E-state index contributed by atoms with van der Waals surface area (Å²) in [5.41, 5.74) is 5.50. The van der Waals surface area contributed by atoms with Gasteiger partial charge in [0.1, 0.15) is 5.84 Å². The summed E-state index contributed by atoms with van der Waals surface area (Å²) < 4.78 is 0. The number of aryl methyl sites for hydroxylation is 2. The van der Waals surface area contributed by atoms with Crippen molar-refractivity contribution in [2.75, 3.05) is 13.1 Å². The van der Waals surface area contributed by atoms with Gasteiger partial charge in [-0.05, 0) is 55.4 Å². The highest BCUT2D eigenvalue weighted by Gasteiger charge is 2.17. The highest BCUT2D eigenvalue weighted by atomic mass is 15.1. The minimum atomic E-state index is 0.181. The number of hydrogen-bond acceptors (Lipinski definition) is 1. The fourth-order valence-electron chi connectivity index (χ4n) is 2.59. The van der Waals surface area contributed by atoms with E-state index in [1.54, 1.807) is 0 Å². The third-order valence-electron chi connectivity index (χ3n) is 4.05. The maximum absolute atomic E-state index is 8.28. The molecule has 0 heterocycles. The molecule has 20 heavy (non-hydrogen) atoms. The van der Waals surface area contributed by atoms with E-state index in [4.69, 9.17) is 5.41 Å². The van der Waals surface area contributed by atoms with Crippen molar-refractivity contribution in [2.24, 2.45) is 0 Å². The third kappa shape index (κ3) is 3.84. The number of rotatable bonds is 4. The summed E-state index contributed by atoms with van der Waals surface area (Å²) in [6.45, 7) is 17.1. The monoisotopic (exact) mass is 274 g/mol. The van der Waals surface area contributed by atoms with Crippen LogP contribution in [0.3, 0.4) is 0 Å². The van der Waals surface area contributed by atoms with E-state index in [0.29, 0.717) is 0 Å². The zero-order chi connectivity index (χ0) is 15.5. The zero-order valence-corrected chi connectivity index (χ0v) is 14.2. The van der Waals surface area contributed by atoms with Gasteiger partial charge in [-0.3, -0.25) is 5.41 Å². The summed E-state index contributed by atoms with van der Waals surface area (Å²) >= 11 is 0. The Morgan fingerprint density at radius 1 is 1.05 bits per heavy atom. The van der Waals surface area contributed by atoms with Gasteiger partial charge in [0.05, 0.1) is 0 Å². The lowest BCUT2D eigenvalue weighted by Gasteiger charge is -2.25. The first-order chi connectivity index (χ1) is 9.20. The van der Waals surface area contributed by atoms with Gasteiger partial charge in [0, 0.05) is 19.5 Å². The number of likely N-dealkylation sites (N-methyl/N-ethyl adjacent to an activating group) is 1. The van der Waals surface area contributed by atoms with Crippen LogP contribution in [0, 0.1) is 19.3 Å². The first kappa shape index (κ1) is 16.7. The van der Waals surface area contributed by atoms with Gasteiger partial charge in [0.25, 0.3) is 0 Å². The van der Waals surface area contributed by atoms with Gasteiger partial charge in [0.15, 0.2) is 0 Å². The van der Waals surface area contributed by atoms with Crippen molar-refractivity contribution < 1.29 is 0 Å². The minimum absolute atomic E-state index is 0.181. The first-order valence-corrected chi connectivity index (χ1v) is 7.63. The molecule has 1 aromatic rings. The Kier molecular flexibility index (Phi) is 5.38. The summed E-state index contributed by atoms with van der Waals surface area (Å²) in [6, 6.07) is 4.58. The molecule has 0 amide bonds. The molecule has 0 saturated heterocycles. The van der Waals surface area contributed by atoms with Crippen LogP contribution in [0.4, 0.5) is 0 Å². The molecule has 2 heteroatoms. The minimum Gasteiger partial charge on any atom is -0.361 e. The molecule has 2 nitrogen and oxygen atoms in total. The Morgan fingerprint density at radius 2 is 1.50 bits per heavy atom. The first-order valence-electron chi connectivity index (χ1n) is 7.63. The molecule has 1 N–H and O–H groups in total. The molecule has 0 bridgehead atoms. The van der Waals surface area contributed by atoms with Gasteiger partial charge in [0.2, 0.25) is 0 Å². The molecule has 0 atom stereocenters. The van der Waals surface area contributed by atoms with Gasteiger partial charge in [-0.2, -0.15) is 0 Å². The van der Waals surface area contributed by atoms with E-state index < -0.39 is 0 Å². The molecule has 1 aromatic carbocycles. The Balaban J connectivity index is 3.06. The molecule has 1 rings (SSSR count). The van der Waals surface area contributed by atoms with Crippen molar-refractivity contribution >= 4 is 5.84 Å². The van der Waals surface area contributed by atoms with Gasteiger partial charge in [-0.1, -0.05) is 32.9 Å². The standard InChI is InChI=1S/C18H30N2/c1-8-20(9-2)17(19)12-16-13(3)10-15(11-14(16)4)18(5,6)7/h10-11,19H,8-9,12H2,1-7H3. The van der Waals surface area contributed by atoms with Crippen LogP contribution in [-0.2, 0) is 11.8 Å². The lowest BCUT2D eigenvalue weighted by Crippen LogP contribution is -2.31. The molecular weight excluding hydrogens is 244 g/mol. The Labute approximate surface area is 124 Å². The predicted molar refractivity (Wildman–Crippen MR) is 89.0 cm³/mol. The average Bonchev–Trinajstić information content (AvgIpc) is 2.33.